The molecule has 0 bridgehead atoms. The third-order valence-electron chi connectivity index (χ3n) is 5.42. The van der Waals surface area contributed by atoms with E-state index in [-0.39, 0.29) is 0 Å². The highest BCUT2D eigenvalue weighted by Crippen LogP contribution is 2.18. The number of ether oxygens (including phenoxy) is 1. The van der Waals surface area contributed by atoms with Crippen molar-refractivity contribution in [3.63, 3.8) is 0 Å². The molecule has 5 rings (SSSR count). The smallest absolute Gasteiger partial charge is 0.152 e. The van der Waals surface area contributed by atoms with Crippen LogP contribution in [0.5, 0.6) is 5.75 Å². The van der Waals surface area contributed by atoms with Crippen LogP contribution in [0.1, 0.15) is 28.2 Å². The predicted octanol–water partition coefficient (Wildman–Crippen LogP) is 4.70. The number of hydrogen-bond acceptors (Lipinski definition) is 5. The van der Waals surface area contributed by atoms with Crippen LogP contribution in [0, 0.1) is 0 Å². The number of rotatable bonds is 8. The fourth-order valence-electron chi connectivity index (χ4n) is 3.73. The number of aromatic nitrogens is 5. The summed E-state index contributed by atoms with van der Waals surface area (Å²) in [7, 11) is 0. The average molecular weight is 422 g/mol. The Morgan fingerprint density at radius 1 is 0.750 bits per heavy atom. The molecule has 32 heavy (non-hydrogen) atoms. The first-order chi connectivity index (χ1) is 15.8. The maximum Gasteiger partial charge on any atom is 0.152 e. The van der Waals surface area contributed by atoms with Gasteiger partial charge in [-0.1, -0.05) is 60.7 Å². The van der Waals surface area contributed by atoms with Gasteiger partial charge in [-0.3, -0.25) is 0 Å². The average Bonchev–Trinajstić information content (AvgIpc) is 3.35. The van der Waals surface area contributed by atoms with Gasteiger partial charge in [0.05, 0.1) is 11.2 Å². The highest BCUT2D eigenvalue weighted by molar-refractivity contribution is 5.78. The molecule has 6 nitrogen and oxygen atoms in total. The fourth-order valence-corrected chi connectivity index (χ4v) is 3.73. The van der Waals surface area contributed by atoms with Crippen molar-refractivity contribution in [2.75, 3.05) is 0 Å². The van der Waals surface area contributed by atoms with Gasteiger partial charge in [0.25, 0.3) is 0 Å². The molecular formula is C26H23N5O. The first kappa shape index (κ1) is 19.9. The lowest BCUT2D eigenvalue weighted by Gasteiger charge is -2.08. The summed E-state index contributed by atoms with van der Waals surface area (Å²) in [5, 5.41) is 15.2. The lowest BCUT2D eigenvalue weighted by molar-refractivity contribution is 0.301. The Morgan fingerprint density at radius 2 is 1.59 bits per heavy atom. The van der Waals surface area contributed by atoms with Crippen LogP contribution in [-0.2, 0) is 25.9 Å². The van der Waals surface area contributed by atoms with Gasteiger partial charge in [-0.2, -0.15) is 0 Å². The van der Waals surface area contributed by atoms with Crippen molar-refractivity contribution in [1.82, 2.24) is 25.6 Å². The summed E-state index contributed by atoms with van der Waals surface area (Å²) < 4.78 is 5.94. The van der Waals surface area contributed by atoms with E-state index in [9.17, 15) is 0 Å². The van der Waals surface area contributed by atoms with E-state index in [1.807, 2.05) is 36.4 Å². The van der Waals surface area contributed by atoms with Crippen molar-refractivity contribution in [1.29, 1.82) is 0 Å². The molecule has 0 atom stereocenters. The topological polar surface area (TPSA) is 76.6 Å². The van der Waals surface area contributed by atoms with Crippen molar-refractivity contribution in [3.05, 3.63) is 113 Å². The minimum absolute atomic E-state index is 0.456. The summed E-state index contributed by atoms with van der Waals surface area (Å²) in [6.07, 6.45) is 2.66. The zero-order chi connectivity index (χ0) is 21.6. The van der Waals surface area contributed by atoms with Crippen molar-refractivity contribution < 1.29 is 4.74 Å². The van der Waals surface area contributed by atoms with E-state index in [1.54, 1.807) is 0 Å². The Kier molecular flexibility index (Phi) is 5.83. The Labute approximate surface area is 186 Å². The highest BCUT2D eigenvalue weighted by Gasteiger charge is 2.04. The number of tetrazole rings is 1. The Balaban J connectivity index is 1.15. The van der Waals surface area contributed by atoms with Crippen molar-refractivity contribution >= 4 is 10.9 Å². The summed E-state index contributed by atoms with van der Waals surface area (Å²) >= 11 is 0. The van der Waals surface area contributed by atoms with Gasteiger partial charge in [0.1, 0.15) is 12.4 Å². The lowest BCUT2D eigenvalue weighted by Crippen LogP contribution is -1.99. The van der Waals surface area contributed by atoms with E-state index in [0.29, 0.717) is 13.0 Å². The van der Waals surface area contributed by atoms with Gasteiger partial charge in [0, 0.05) is 11.8 Å². The van der Waals surface area contributed by atoms with Gasteiger partial charge < -0.3 is 4.74 Å². The summed E-state index contributed by atoms with van der Waals surface area (Å²) in [5.41, 5.74) is 5.70. The molecule has 1 N–H and O–H groups in total. The van der Waals surface area contributed by atoms with Crippen LogP contribution in [0.15, 0.2) is 84.9 Å². The van der Waals surface area contributed by atoms with Gasteiger partial charge >= 0.3 is 0 Å². The third-order valence-corrected chi connectivity index (χ3v) is 5.42. The van der Waals surface area contributed by atoms with Crippen molar-refractivity contribution in [3.8, 4) is 5.75 Å². The molecule has 0 amide bonds. The first-order valence-corrected chi connectivity index (χ1v) is 10.7. The van der Waals surface area contributed by atoms with Crippen LogP contribution in [-0.4, -0.2) is 25.6 Å². The second-order valence-corrected chi connectivity index (χ2v) is 7.77. The zero-order valence-electron chi connectivity index (χ0n) is 17.6. The Bertz CT molecular complexity index is 1300. The standard InChI is InChI=1S/C26H23N5O/c1-2-7-25-22(6-1)12-13-23(27-25)18-32-24-14-10-19(11-15-24)8-9-20-4-3-5-21(16-20)17-26-28-30-31-29-26/h1-7,10-16H,8-9,17-18H2,(H,28,29,30,31). The first-order valence-electron chi connectivity index (χ1n) is 10.7. The van der Waals surface area contributed by atoms with Gasteiger partial charge in [0.15, 0.2) is 5.82 Å². The largest absolute Gasteiger partial charge is 0.487 e. The SMILES string of the molecule is c1cc(CCc2ccc(OCc3ccc4ccccc4n3)cc2)cc(Cc2nnn[nH]2)c1. The van der Waals surface area contributed by atoms with Crippen LogP contribution in [0.2, 0.25) is 0 Å². The van der Waals surface area contributed by atoms with Gasteiger partial charge in [-0.25, -0.2) is 10.1 Å². The van der Waals surface area contributed by atoms with Crippen LogP contribution in [0.3, 0.4) is 0 Å². The number of pyridine rings is 1. The van der Waals surface area contributed by atoms with Gasteiger partial charge in [-0.15, -0.1) is 5.10 Å². The quantitative estimate of drug-likeness (QED) is 0.393. The van der Waals surface area contributed by atoms with E-state index in [0.717, 1.165) is 41.0 Å². The second-order valence-electron chi connectivity index (χ2n) is 7.77. The molecule has 5 aromatic rings. The normalized spacial score (nSPS) is 11.0. The number of H-pyrrole nitrogens is 1. The molecule has 0 radical (unpaired) electrons. The fraction of sp³-hybridized carbons (Fsp3) is 0.154. The molecule has 0 saturated heterocycles. The number of hydrogen-bond donors (Lipinski definition) is 1. The molecule has 0 fully saturated rings. The molecule has 0 spiro atoms. The van der Waals surface area contributed by atoms with E-state index in [4.69, 9.17) is 4.74 Å². The predicted molar refractivity (Wildman–Crippen MR) is 123 cm³/mol. The minimum atomic E-state index is 0.456. The van der Waals surface area contributed by atoms with Gasteiger partial charge in [0.2, 0.25) is 0 Å². The van der Waals surface area contributed by atoms with Crippen LogP contribution in [0.25, 0.3) is 10.9 Å². The molecule has 2 heterocycles. The summed E-state index contributed by atoms with van der Waals surface area (Å²) in [6.45, 7) is 0.456. The molecule has 158 valence electrons. The molecular weight excluding hydrogens is 398 g/mol. The number of aromatic amines is 1. The maximum atomic E-state index is 5.94. The lowest BCUT2D eigenvalue weighted by atomic mass is 10.0. The van der Waals surface area contributed by atoms with Crippen LogP contribution < -0.4 is 4.74 Å². The number of para-hydroxylation sites is 1. The van der Waals surface area contributed by atoms with Gasteiger partial charge in [-0.05, 0) is 64.2 Å². The van der Waals surface area contributed by atoms with Crippen molar-refractivity contribution in [2.24, 2.45) is 0 Å². The van der Waals surface area contributed by atoms with E-state index in [1.165, 1.54) is 16.7 Å². The number of nitrogens with one attached hydrogen (secondary N) is 1. The van der Waals surface area contributed by atoms with Crippen molar-refractivity contribution in [2.45, 2.75) is 25.9 Å². The number of aryl methyl sites for hydroxylation is 2. The molecule has 0 aliphatic rings. The summed E-state index contributed by atoms with van der Waals surface area (Å²) in [5.74, 6) is 1.63. The number of fused-ring (bicyclic) bond motifs is 1. The molecule has 0 aliphatic carbocycles. The molecule has 3 aromatic carbocycles. The van der Waals surface area contributed by atoms with Crippen LogP contribution >= 0.6 is 0 Å². The number of nitrogens with zero attached hydrogens (tertiary/aromatic N) is 4. The Hall–Kier alpha value is -4.06. The molecule has 0 aliphatic heterocycles. The van der Waals surface area contributed by atoms with E-state index >= 15 is 0 Å². The zero-order valence-corrected chi connectivity index (χ0v) is 17.6. The molecule has 2 aromatic heterocycles. The highest BCUT2D eigenvalue weighted by atomic mass is 16.5. The number of benzene rings is 3. The Morgan fingerprint density at radius 3 is 2.47 bits per heavy atom. The van der Waals surface area contributed by atoms with Crippen LogP contribution in [0.4, 0.5) is 0 Å². The maximum absolute atomic E-state index is 5.94. The molecule has 0 saturated carbocycles. The second kappa shape index (κ2) is 9.39. The molecule has 0 unspecified atom stereocenters. The monoisotopic (exact) mass is 421 g/mol. The van der Waals surface area contributed by atoms with E-state index in [2.05, 4.69) is 74.1 Å². The minimum Gasteiger partial charge on any atom is -0.487 e. The van der Waals surface area contributed by atoms with E-state index < -0.39 is 0 Å². The summed E-state index contributed by atoms with van der Waals surface area (Å²) in [6, 6.07) is 29.1. The third kappa shape index (κ3) is 4.98. The summed E-state index contributed by atoms with van der Waals surface area (Å²) in [4.78, 5) is 4.66. The molecule has 6 heteroatoms.